The fourth-order valence-electron chi connectivity index (χ4n) is 1.84. The molecular formula is C14H30O7S2. The molecule has 7 nitrogen and oxygen atoms in total. The van der Waals surface area contributed by atoms with Crippen molar-refractivity contribution in [1.29, 1.82) is 0 Å². The van der Waals surface area contributed by atoms with E-state index in [0.29, 0.717) is 13.2 Å². The lowest BCUT2D eigenvalue weighted by Crippen LogP contribution is -2.04. The van der Waals surface area contributed by atoms with Gasteiger partial charge in [-0.1, -0.05) is 25.7 Å². The molecule has 0 fully saturated rings. The highest BCUT2D eigenvalue weighted by molar-refractivity contribution is 7.86. The van der Waals surface area contributed by atoms with Crippen LogP contribution in [0.2, 0.25) is 0 Å². The van der Waals surface area contributed by atoms with Crippen molar-refractivity contribution in [2.24, 2.45) is 0 Å². The van der Waals surface area contributed by atoms with Gasteiger partial charge in [0, 0.05) is 13.2 Å². The van der Waals surface area contributed by atoms with E-state index in [1.165, 1.54) is 0 Å². The van der Waals surface area contributed by atoms with Gasteiger partial charge in [0.05, 0.1) is 25.7 Å². The second kappa shape index (κ2) is 13.1. The number of hydrogen-bond donors (Lipinski definition) is 0. The first kappa shape index (κ1) is 22.8. The fourth-order valence-corrected chi connectivity index (χ4v) is 2.68. The molecule has 0 atom stereocenters. The minimum atomic E-state index is -3.31. The van der Waals surface area contributed by atoms with Crippen LogP contribution in [0, 0.1) is 0 Å². The van der Waals surface area contributed by atoms with E-state index in [1.54, 1.807) is 0 Å². The predicted octanol–water partition coefficient (Wildman–Crippen LogP) is 2.08. The Labute approximate surface area is 140 Å². The molecule has 0 N–H and O–H groups in total. The predicted molar refractivity (Wildman–Crippen MR) is 89.3 cm³/mol. The molecule has 0 aromatic carbocycles. The molecule has 0 heterocycles. The van der Waals surface area contributed by atoms with E-state index in [2.05, 4.69) is 8.37 Å². The Balaban J connectivity index is 3.14. The summed E-state index contributed by atoms with van der Waals surface area (Å²) < 4.78 is 57.7. The van der Waals surface area contributed by atoms with Crippen LogP contribution in [0.5, 0.6) is 0 Å². The molecule has 9 heteroatoms. The lowest BCUT2D eigenvalue weighted by atomic mass is 10.2. The second-order valence-electron chi connectivity index (χ2n) is 5.49. The Bertz CT molecular complexity index is 427. The highest BCUT2D eigenvalue weighted by atomic mass is 32.2. The molecule has 0 spiro atoms. The van der Waals surface area contributed by atoms with Crippen LogP contribution >= 0.6 is 0 Å². The normalized spacial score (nSPS) is 12.6. The van der Waals surface area contributed by atoms with E-state index < -0.39 is 20.2 Å². The van der Waals surface area contributed by atoms with Gasteiger partial charge < -0.3 is 4.74 Å². The Morgan fingerprint density at radius 2 is 0.826 bits per heavy atom. The summed E-state index contributed by atoms with van der Waals surface area (Å²) >= 11 is 0. The van der Waals surface area contributed by atoms with Crippen molar-refractivity contribution >= 4 is 20.2 Å². The first-order chi connectivity index (χ1) is 10.7. The monoisotopic (exact) mass is 374 g/mol. The van der Waals surface area contributed by atoms with Gasteiger partial charge in [-0.15, -0.1) is 0 Å². The quantitative estimate of drug-likeness (QED) is 0.301. The summed E-state index contributed by atoms with van der Waals surface area (Å²) in [5.41, 5.74) is 0. The van der Waals surface area contributed by atoms with Crippen molar-refractivity contribution in [1.82, 2.24) is 0 Å². The summed E-state index contributed by atoms with van der Waals surface area (Å²) in [5.74, 6) is 0. The topological polar surface area (TPSA) is 96.0 Å². The SMILES string of the molecule is CS(=O)(=O)OCCCCCCOCCCCCCOS(C)(=O)=O. The molecule has 0 unspecified atom stereocenters. The maximum Gasteiger partial charge on any atom is 0.264 e. The summed E-state index contributed by atoms with van der Waals surface area (Å²) in [6.45, 7) is 1.93. The van der Waals surface area contributed by atoms with Gasteiger partial charge in [0.15, 0.2) is 0 Å². The van der Waals surface area contributed by atoms with Gasteiger partial charge >= 0.3 is 0 Å². The van der Waals surface area contributed by atoms with Crippen LogP contribution in [-0.2, 0) is 33.3 Å². The summed E-state index contributed by atoms with van der Waals surface area (Å²) in [5, 5.41) is 0. The van der Waals surface area contributed by atoms with Crippen molar-refractivity contribution in [3.05, 3.63) is 0 Å². The van der Waals surface area contributed by atoms with Crippen molar-refractivity contribution in [2.75, 3.05) is 38.9 Å². The zero-order chi connectivity index (χ0) is 17.6. The van der Waals surface area contributed by atoms with E-state index in [1.807, 2.05) is 0 Å². The zero-order valence-electron chi connectivity index (χ0n) is 14.2. The lowest BCUT2D eigenvalue weighted by Gasteiger charge is -2.05. The van der Waals surface area contributed by atoms with Crippen LogP contribution < -0.4 is 0 Å². The van der Waals surface area contributed by atoms with Gasteiger partial charge in [-0.2, -0.15) is 16.8 Å². The molecule has 0 bridgehead atoms. The summed E-state index contributed by atoms with van der Waals surface area (Å²) in [6, 6.07) is 0. The lowest BCUT2D eigenvalue weighted by molar-refractivity contribution is 0.125. The third kappa shape index (κ3) is 21.8. The molecule has 0 rings (SSSR count). The zero-order valence-corrected chi connectivity index (χ0v) is 15.8. The maximum atomic E-state index is 10.7. The number of hydrogen-bond acceptors (Lipinski definition) is 7. The molecule has 0 aliphatic carbocycles. The summed E-state index contributed by atoms with van der Waals surface area (Å²) in [7, 11) is -6.62. The second-order valence-corrected chi connectivity index (χ2v) is 8.78. The van der Waals surface area contributed by atoms with Crippen LogP contribution in [-0.4, -0.2) is 55.8 Å². The van der Waals surface area contributed by atoms with Crippen molar-refractivity contribution < 1.29 is 29.9 Å². The van der Waals surface area contributed by atoms with E-state index in [4.69, 9.17) is 4.74 Å². The molecule has 0 aliphatic heterocycles. The van der Waals surface area contributed by atoms with Gasteiger partial charge in [0.2, 0.25) is 0 Å². The third-order valence-electron chi connectivity index (χ3n) is 2.96. The Morgan fingerprint density at radius 1 is 0.522 bits per heavy atom. The van der Waals surface area contributed by atoms with Crippen LogP contribution in [0.1, 0.15) is 51.4 Å². The molecular weight excluding hydrogens is 344 g/mol. The highest BCUT2D eigenvalue weighted by Crippen LogP contribution is 2.04. The molecule has 0 aliphatic rings. The number of unbranched alkanes of at least 4 members (excludes halogenated alkanes) is 6. The number of rotatable bonds is 16. The summed E-state index contributed by atoms with van der Waals surface area (Å²) in [4.78, 5) is 0. The van der Waals surface area contributed by atoms with E-state index in [9.17, 15) is 16.8 Å². The van der Waals surface area contributed by atoms with Gasteiger partial charge in [-0.05, 0) is 25.7 Å². The van der Waals surface area contributed by atoms with Gasteiger partial charge in [-0.3, -0.25) is 8.37 Å². The fraction of sp³-hybridized carbons (Fsp3) is 1.00. The van der Waals surface area contributed by atoms with Crippen LogP contribution in [0.15, 0.2) is 0 Å². The maximum absolute atomic E-state index is 10.7. The van der Waals surface area contributed by atoms with Gasteiger partial charge in [0.25, 0.3) is 20.2 Å². The van der Waals surface area contributed by atoms with Gasteiger partial charge in [0.1, 0.15) is 0 Å². The number of ether oxygens (including phenoxy) is 1. The molecule has 140 valence electrons. The highest BCUT2D eigenvalue weighted by Gasteiger charge is 2.01. The Kier molecular flexibility index (Phi) is 13.0. The third-order valence-corrected chi connectivity index (χ3v) is 4.15. The summed E-state index contributed by atoms with van der Waals surface area (Å²) in [6.07, 6.45) is 9.36. The van der Waals surface area contributed by atoms with Crippen molar-refractivity contribution in [3.8, 4) is 0 Å². The molecule has 0 aromatic heterocycles. The minimum Gasteiger partial charge on any atom is -0.381 e. The molecule has 0 saturated carbocycles. The standard InChI is InChI=1S/C14H30O7S2/c1-22(15,16)20-13-9-5-3-7-11-19-12-8-4-6-10-14-21-23(2,17)18/h3-14H2,1-2H3. The van der Waals surface area contributed by atoms with E-state index in [0.717, 1.165) is 63.9 Å². The average Bonchev–Trinajstić information content (AvgIpc) is 2.40. The molecule has 0 aromatic rings. The van der Waals surface area contributed by atoms with Crippen LogP contribution in [0.4, 0.5) is 0 Å². The molecule has 0 radical (unpaired) electrons. The molecule has 0 saturated heterocycles. The minimum absolute atomic E-state index is 0.253. The van der Waals surface area contributed by atoms with Crippen molar-refractivity contribution in [3.63, 3.8) is 0 Å². The van der Waals surface area contributed by atoms with Crippen LogP contribution in [0.25, 0.3) is 0 Å². The Morgan fingerprint density at radius 3 is 1.13 bits per heavy atom. The average molecular weight is 375 g/mol. The Hall–Kier alpha value is -0.220. The first-order valence-corrected chi connectivity index (χ1v) is 11.6. The largest absolute Gasteiger partial charge is 0.381 e. The molecule has 0 amide bonds. The van der Waals surface area contributed by atoms with Crippen molar-refractivity contribution in [2.45, 2.75) is 51.4 Å². The smallest absolute Gasteiger partial charge is 0.264 e. The van der Waals surface area contributed by atoms with E-state index in [-0.39, 0.29) is 13.2 Å². The van der Waals surface area contributed by atoms with E-state index >= 15 is 0 Å². The van der Waals surface area contributed by atoms with Gasteiger partial charge in [-0.25, -0.2) is 0 Å². The van der Waals surface area contributed by atoms with Crippen LogP contribution in [0.3, 0.4) is 0 Å². The first-order valence-electron chi connectivity index (χ1n) is 7.97. The molecule has 23 heavy (non-hydrogen) atoms.